The summed E-state index contributed by atoms with van der Waals surface area (Å²) in [7, 11) is 3.02. The molecule has 2 aromatic heterocycles. The van der Waals surface area contributed by atoms with E-state index in [0.29, 0.717) is 57.3 Å². The molecule has 0 aliphatic heterocycles. The monoisotopic (exact) mass is 452 g/mol. The summed E-state index contributed by atoms with van der Waals surface area (Å²) in [5.41, 5.74) is 15.3. The number of aliphatic hydroxyl groups is 1. The van der Waals surface area contributed by atoms with Gasteiger partial charge in [0.2, 0.25) is 5.95 Å². The van der Waals surface area contributed by atoms with Gasteiger partial charge in [-0.1, -0.05) is 0 Å². The molecule has 4 rings (SSSR count). The predicted molar refractivity (Wildman–Crippen MR) is 122 cm³/mol. The molecule has 2 aromatic carbocycles. The van der Waals surface area contributed by atoms with Gasteiger partial charge < -0.3 is 30.6 Å². The zero-order valence-electron chi connectivity index (χ0n) is 18.5. The van der Waals surface area contributed by atoms with Gasteiger partial charge in [-0.05, 0) is 36.8 Å². The number of benzene rings is 2. The molecule has 0 radical (unpaired) electrons. The van der Waals surface area contributed by atoms with Crippen molar-refractivity contribution >= 4 is 17.0 Å². The average Bonchev–Trinajstić information content (AvgIpc) is 3.19. The van der Waals surface area contributed by atoms with Crippen LogP contribution in [0.25, 0.3) is 22.3 Å². The Morgan fingerprint density at radius 1 is 1.15 bits per heavy atom. The van der Waals surface area contributed by atoms with Crippen LogP contribution in [0.15, 0.2) is 36.5 Å². The second kappa shape index (κ2) is 9.00. The average molecular weight is 452 g/mol. The number of imidazole rings is 1. The van der Waals surface area contributed by atoms with E-state index in [1.165, 1.54) is 26.5 Å². The molecular formula is C23H25FN6O3. The quantitative estimate of drug-likeness (QED) is 0.390. The number of halogens is 1. The smallest absolute Gasteiger partial charge is 0.220 e. The maximum atomic E-state index is 14.9. The van der Waals surface area contributed by atoms with Crippen molar-refractivity contribution in [1.82, 2.24) is 19.5 Å². The topological polar surface area (TPSA) is 134 Å². The highest BCUT2D eigenvalue weighted by Gasteiger charge is 2.23. The van der Waals surface area contributed by atoms with Crippen molar-refractivity contribution in [3.63, 3.8) is 0 Å². The second-order valence-electron chi connectivity index (χ2n) is 7.39. The maximum Gasteiger partial charge on any atom is 0.220 e. The van der Waals surface area contributed by atoms with Gasteiger partial charge in [-0.3, -0.25) is 0 Å². The van der Waals surface area contributed by atoms with Crippen molar-refractivity contribution < 1.29 is 19.0 Å². The van der Waals surface area contributed by atoms with E-state index in [0.717, 1.165) is 0 Å². The first-order valence-corrected chi connectivity index (χ1v) is 10.3. The van der Waals surface area contributed by atoms with Gasteiger partial charge in [0.05, 0.1) is 43.6 Å². The SMILES string of the molecule is CCn1c(C(N)c2cc(CO)c(OC)c(OC)c2)nc2cc(F)c(-c3ccnc(N)n3)cc21. The van der Waals surface area contributed by atoms with E-state index in [1.807, 2.05) is 11.5 Å². The number of aliphatic hydroxyl groups excluding tert-OH is 1. The molecular weight excluding hydrogens is 427 g/mol. The number of fused-ring (bicyclic) bond motifs is 1. The number of nitrogens with zero attached hydrogens (tertiary/aromatic N) is 4. The van der Waals surface area contributed by atoms with Crippen LogP contribution in [0.1, 0.15) is 29.9 Å². The third-order valence-corrected chi connectivity index (χ3v) is 5.52. The number of rotatable bonds is 7. The van der Waals surface area contributed by atoms with E-state index >= 15 is 0 Å². The predicted octanol–water partition coefficient (Wildman–Crippen LogP) is 2.79. The number of hydrogen-bond donors (Lipinski definition) is 3. The Bertz CT molecular complexity index is 1300. The summed E-state index contributed by atoms with van der Waals surface area (Å²) in [5, 5.41) is 9.79. The number of methoxy groups -OCH3 is 2. The van der Waals surface area contributed by atoms with Crippen LogP contribution in [0.3, 0.4) is 0 Å². The molecule has 0 spiro atoms. The van der Waals surface area contributed by atoms with Gasteiger partial charge in [0.1, 0.15) is 11.6 Å². The Kier molecular flexibility index (Phi) is 6.12. The zero-order chi connectivity index (χ0) is 23.7. The molecule has 0 amide bonds. The first-order valence-electron chi connectivity index (χ1n) is 10.3. The Morgan fingerprint density at radius 2 is 1.94 bits per heavy atom. The highest BCUT2D eigenvalue weighted by molar-refractivity contribution is 5.82. The second-order valence-corrected chi connectivity index (χ2v) is 7.39. The highest BCUT2D eigenvalue weighted by atomic mass is 19.1. The highest BCUT2D eigenvalue weighted by Crippen LogP contribution is 2.36. The summed E-state index contributed by atoms with van der Waals surface area (Å²) in [4.78, 5) is 12.6. The lowest BCUT2D eigenvalue weighted by atomic mass is 10.0. The Morgan fingerprint density at radius 3 is 2.58 bits per heavy atom. The van der Waals surface area contributed by atoms with Crippen molar-refractivity contribution in [3.8, 4) is 22.8 Å². The van der Waals surface area contributed by atoms with Crippen molar-refractivity contribution in [3.05, 3.63) is 59.3 Å². The van der Waals surface area contributed by atoms with Gasteiger partial charge in [-0.25, -0.2) is 19.3 Å². The zero-order valence-corrected chi connectivity index (χ0v) is 18.5. The summed E-state index contributed by atoms with van der Waals surface area (Å²) in [6.07, 6.45) is 1.48. The van der Waals surface area contributed by atoms with Gasteiger partial charge in [-0.15, -0.1) is 0 Å². The minimum absolute atomic E-state index is 0.0619. The van der Waals surface area contributed by atoms with Crippen LogP contribution < -0.4 is 20.9 Å². The molecule has 1 unspecified atom stereocenters. The largest absolute Gasteiger partial charge is 0.493 e. The van der Waals surface area contributed by atoms with Crippen LogP contribution in [0.4, 0.5) is 10.3 Å². The third kappa shape index (κ3) is 3.94. The maximum absolute atomic E-state index is 14.9. The molecule has 10 heteroatoms. The number of aromatic nitrogens is 4. The van der Waals surface area contributed by atoms with Crippen LogP contribution in [-0.4, -0.2) is 38.8 Å². The van der Waals surface area contributed by atoms with Gasteiger partial charge in [0.25, 0.3) is 0 Å². The van der Waals surface area contributed by atoms with E-state index in [4.69, 9.17) is 20.9 Å². The van der Waals surface area contributed by atoms with Crippen LogP contribution in [-0.2, 0) is 13.2 Å². The van der Waals surface area contributed by atoms with E-state index < -0.39 is 11.9 Å². The van der Waals surface area contributed by atoms with Crippen LogP contribution >= 0.6 is 0 Å². The molecule has 0 bridgehead atoms. The normalized spacial score (nSPS) is 12.2. The molecule has 2 heterocycles. The molecule has 0 fully saturated rings. The molecule has 0 saturated heterocycles. The molecule has 0 saturated carbocycles. The van der Waals surface area contributed by atoms with E-state index in [2.05, 4.69) is 15.0 Å². The minimum Gasteiger partial charge on any atom is -0.493 e. The Hall–Kier alpha value is -3.76. The van der Waals surface area contributed by atoms with Crippen LogP contribution in [0.2, 0.25) is 0 Å². The van der Waals surface area contributed by atoms with Crippen molar-refractivity contribution in [2.75, 3.05) is 20.0 Å². The molecule has 5 N–H and O–H groups in total. The third-order valence-electron chi connectivity index (χ3n) is 5.52. The molecule has 33 heavy (non-hydrogen) atoms. The number of hydrogen-bond acceptors (Lipinski definition) is 8. The first-order chi connectivity index (χ1) is 15.9. The van der Waals surface area contributed by atoms with Gasteiger partial charge >= 0.3 is 0 Å². The summed E-state index contributed by atoms with van der Waals surface area (Å²) >= 11 is 0. The molecule has 0 aliphatic rings. The van der Waals surface area contributed by atoms with Gasteiger partial charge in [0.15, 0.2) is 11.5 Å². The number of anilines is 1. The summed E-state index contributed by atoms with van der Waals surface area (Å²) in [6.45, 7) is 2.26. The fraction of sp³-hybridized carbons (Fsp3) is 0.261. The Labute approximate surface area is 189 Å². The van der Waals surface area contributed by atoms with Crippen molar-refractivity contribution in [2.45, 2.75) is 26.1 Å². The summed E-state index contributed by atoms with van der Waals surface area (Å²) in [6, 6.07) is 7.48. The van der Waals surface area contributed by atoms with Crippen molar-refractivity contribution in [1.29, 1.82) is 0 Å². The van der Waals surface area contributed by atoms with Crippen LogP contribution in [0, 0.1) is 5.82 Å². The van der Waals surface area contributed by atoms with E-state index in [1.54, 1.807) is 24.3 Å². The fourth-order valence-corrected chi connectivity index (χ4v) is 3.97. The lowest BCUT2D eigenvalue weighted by Gasteiger charge is -2.18. The standard InChI is InChI=1S/C23H25FN6O3/c1-4-30-18-9-14(16-5-6-27-23(26)29-16)15(24)10-17(18)28-22(30)20(25)12-7-13(11-31)21(33-3)19(8-12)32-2/h5-10,20,31H,4,11,25H2,1-3H3,(H2,26,27,29). The number of aryl methyl sites for hydroxylation is 1. The minimum atomic E-state index is -0.663. The lowest BCUT2D eigenvalue weighted by molar-refractivity contribution is 0.269. The Balaban J connectivity index is 1.86. The molecule has 1 atom stereocenters. The molecule has 0 aliphatic carbocycles. The number of ether oxygens (including phenoxy) is 2. The fourth-order valence-electron chi connectivity index (χ4n) is 3.97. The van der Waals surface area contributed by atoms with Crippen molar-refractivity contribution in [2.24, 2.45) is 5.73 Å². The van der Waals surface area contributed by atoms with Crippen LogP contribution in [0.5, 0.6) is 11.5 Å². The lowest BCUT2D eigenvalue weighted by Crippen LogP contribution is -2.18. The number of nitrogens with two attached hydrogens (primary N) is 2. The number of nitrogen functional groups attached to an aromatic ring is 1. The first kappa shape index (κ1) is 22.4. The molecule has 172 valence electrons. The van der Waals surface area contributed by atoms with Gasteiger partial charge in [0, 0.05) is 29.9 Å². The summed E-state index contributed by atoms with van der Waals surface area (Å²) < 4.78 is 27.6. The van der Waals surface area contributed by atoms with Gasteiger partial charge in [-0.2, -0.15) is 0 Å². The van der Waals surface area contributed by atoms with E-state index in [9.17, 15) is 9.50 Å². The summed E-state index contributed by atoms with van der Waals surface area (Å²) in [5.74, 6) is 1.02. The molecule has 9 nitrogen and oxygen atoms in total. The molecule has 4 aromatic rings. The van der Waals surface area contributed by atoms with E-state index in [-0.39, 0.29) is 12.6 Å².